The largest absolute Gasteiger partial charge is 0.369 e. The molecule has 0 amide bonds. The number of hydrogen-bond acceptors (Lipinski definition) is 3. The lowest BCUT2D eigenvalue weighted by Crippen LogP contribution is -2.51. The molecule has 1 fully saturated rings. The Kier molecular flexibility index (Phi) is 4.67. The third-order valence-corrected chi connectivity index (χ3v) is 5.32. The first-order valence-electron chi connectivity index (χ1n) is 6.97. The quantitative estimate of drug-likeness (QED) is 0.914. The van der Waals surface area contributed by atoms with Crippen molar-refractivity contribution >= 4 is 15.9 Å². The van der Waals surface area contributed by atoms with E-state index in [0.717, 1.165) is 18.8 Å². The van der Waals surface area contributed by atoms with Crippen molar-refractivity contribution in [1.82, 2.24) is 9.03 Å². The second kappa shape index (κ2) is 6.11. The minimum absolute atomic E-state index is 0.523. The molecule has 1 saturated heterocycles. The zero-order valence-corrected chi connectivity index (χ0v) is 13.2. The summed E-state index contributed by atoms with van der Waals surface area (Å²) in [7, 11) is -1.84. The monoisotopic (exact) mass is 297 g/mol. The molecule has 0 unspecified atom stereocenters. The highest BCUT2D eigenvalue weighted by molar-refractivity contribution is 7.87. The van der Waals surface area contributed by atoms with E-state index in [1.165, 1.54) is 16.9 Å². The minimum Gasteiger partial charge on any atom is -0.369 e. The van der Waals surface area contributed by atoms with Crippen molar-refractivity contribution in [3.05, 3.63) is 29.8 Å². The first kappa shape index (κ1) is 15.3. The predicted octanol–water partition coefficient (Wildman–Crippen LogP) is 1.40. The van der Waals surface area contributed by atoms with Crippen LogP contribution in [0.4, 0.5) is 5.69 Å². The molecule has 1 heterocycles. The summed E-state index contributed by atoms with van der Waals surface area (Å²) in [6.45, 7) is 6.85. The van der Waals surface area contributed by atoms with Gasteiger partial charge in [0.1, 0.15) is 0 Å². The second-order valence-corrected chi connectivity index (χ2v) is 7.22. The van der Waals surface area contributed by atoms with E-state index >= 15 is 0 Å². The Hall–Kier alpha value is -1.11. The fraction of sp³-hybridized carbons (Fsp3) is 0.571. The molecule has 5 nitrogen and oxygen atoms in total. The van der Waals surface area contributed by atoms with Crippen LogP contribution in [-0.2, 0) is 10.2 Å². The molecular formula is C14H23N3O2S. The Bertz CT molecular complexity index is 532. The van der Waals surface area contributed by atoms with Gasteiger partial charge in [-0.15, -0.1) is 0 Å². The molecule has 112 valence electrons. The summed E-state index contributed by atoms with van der Waals surface area (Å²) in [5.74, 6) is 0.529. The Morgan fingerprint density at radius 3 is 2.05 bits per heavy atom. The van der Waals surface area contributed by atoms with Crippen molar-refractivity contribution in [2.75, 3.05) is 38.1 Å². The molecule has 1 N–H and O–H groups in total. The van der Waals surface area contributed by atoms with Gasteiger partial charge in [-0.3, -0.25) is 0 Å². The van der Waals surface area contributed by atoms with Crippen LogP contribution in [0.1, 0.15) is 25.3 Å². The molecule has 1 aromatic carbocycles. The van der Waals surface area contributed by atoms with Gasteiger partial charge in [-0.25, -0.2) is 4.72 Å². The number of piperazine rings is 1. The normalized spacial score (nSPS) is 17.7. The molecule has 0 aromatic heterocycles. The molecule has 0 spiro atoms. The number of nitrogens with one attached hydrogen (secondary N) is 1. The predicted molar refractivity (Wildman–Crippen MR) is 82.3 cm³/mol. The van der Waals surface area contributed by atoms with E-state index in [0.29, 0.717) is 19.0 Å². The fourth-order valence-corrected chi connectivity index (χ4v) is 3.29. The van der Waals surface area contributed by atoms with Crippen molar-refractivity contribution in [3.63, 3.8) is 0 Å². The van der Waals surface area contributed by atoms with Gasteiger partial charge in [0.15, 0.2) is 0 Å². The average Bonchev–Trinajstić information content (AvgIpc) is 2.47. The minimum atomic E-state index is -3.29. The zero-order chi connectivity index (χ0) is 14.8. The van der Waals surface area contributed by atoms with Crippen LogP contribution in [0.5, 0.6) is 0 Å². The van der Waals surface area contributed by atoms with Crippen molar-refractivity contribution in [1.29, 1.82) is 0 Å². The Balaban J connectivity index is 2.00. The average molecular weight is 297 g/mol. The molecule has 1 aliphatic rings. The van der Waals surface area contributed by atoms with Crippen LogP contribution in [0, 0.1) is 0 Å². The van der Waals surface area contributed by atoms with E-state index in [2.05, 4.69) is 47.7 Å². The van der Waals surface area contributed by atoms with Gasteiger partial charge in [0.05, 0.1) is 0 Å². The lowest BCUT2D eigenvalue weighted by molar-refractivity contribution is 0.380. The van der Waals surface area contributed by atoms with Crippen molar-refractivity contribution in [2.45, 2.75) is 19.8 Å². The van der Waals surface area contributed by atoms with Crippen molar-refractivity contribution in [3.8, 4) is 0 Å². The molecule has 1 aliphatic heterocycles. The number of benzene rings is 1. The third kappa shape index (κ3) is 3.31. The summed E-state index contributed by atoms with van der Waals surface area (Å²) in [6, 6.07) is 8.54. The molecule has 0 atom stereocenters. The molecule has 2 rings (SSSR count). The van der Waals surface area contributed by atoms with Crippen LogP contribution in [0.3, 0.4) is 0 Å². The van der Waals surface area contributed by atoms with E-state index < -0.39 is 10.2 Å². The summed E-state index contributed by atoms with van der Waals surface area (Å²) in [5, 5.41) is 0. The lowest BCUT2D eigenvalue weighted by Gasteiger charge is -2.35. The first-order chi connectivity index (χ1) is 9.44. The summed E-state index contributed by atoms with van der Waals surface area (Å²) in [5.41, 5.74) is 2.49. The Labute approximate surface area is 121 Å². The van der Waals surface area contributed by atoms with E-state index in [4.69, 9.17) is 0 Å². The van der Waals surface area contributed by atoms with Crippen LogP contribution in [0.25, 0.3) is 0 Å². The summed E-state index contributed by atoms with van der Waals surface area (Å²) in [6.07, 6.45) is 0. The van der Waals surface area contributed by atoms with Crippen LogP contribution in [-0.4, -0.2) is 45.9 Å². The van der Waals surface area contributed by atoms with Gasteiger partial charge in [0.25, 0.3) is 10.2 Å². The van der Waals surface area contributed by atoms with Crippen molar-refractivity contribution < 1.29 is 8.42 Å². The number of rotatable bonds is 4. The first-order valence-corrected chi connectivity index (χ1v) is 8.41. The van der Waals surface area contributed by atoms with Gasteiger partial charge in [-0.2, -0.15) is 12.7 Å². The molecule has 6 heteroatoms. The van der Waals surface area contributed by atoms with E-state index in [1.54, 1.807) is 0 Å². The molecule has 1 aromatic rings. The van der Waals surface area contributed by atoms with Crippen LogP contribution >= 0.6 is 0 Å². The maximum atomic E-state index is 11.7. The van der Waals surface area contributed by atoms with Crippen molar-refractivity contribution in [2.24, 2.45) is 0 Å². The van der Waals surface area contributed by atoms with Crippen LogP contribution in [0.15, 0.2) is 24.3 Å². The molecule has 0 bridgehead atoms. The fourth-order valence-electron chi connectivity index (χ4n) is 2.39. The Morgan fingerprint density at radius 2 is 1.60 bits per heavy atom. The topological polar surface area (TPSA) is 52.7 Å². The van der Waals surface area contributed by atoms with Gasteiger partial charge in [0, 0.05) is 38.9 Å². The van der Waals surface area contributed by atoms with Gasteiger partial charge >= 0.3 is 0 Å². The van der Waals surface area contributed by atoms with Gasteiger partial charge in [0.2, 0.25) is 0 Å². The zero-order valence-electron chi connectivity index (χ0n) is 12.3. The number of anilines is 1. The van der Waals surface area contributed by atoms with Crippen LogP contribution in [0.2, 0.25) is 0 Å². The van der Waals surface area contributed by atoms with E-state index in [9.17, 15) is 8.42 Å². The smallest absolute Gasteiger partial charge is 0.279 e. The van der Waals surface area contributed by atoms with Gasteiger partial charge in [-0.1, -0.05) is 26.0 Å². The van der Waals surface area contributed by atoms with E-state index in [1.807, 2.05) is 0 Å². The molecule has 0 radical (unpaired) electrons. The molecule has 0 saturated carbocycles. The summed E-state index contributed by atoms with van der Waals surface area (Å²) >= 11 is 0. The number of nitrogens with zero attached hydrogens (tertiary/aromatic N) is 2. The van der Waals surface area contributed by atoms with E-state index in [-0.39, 0.29) is 0 Å². The second-order valence-electron chi connectivity index (χ2n) is 5.34. The standard InChI is InChI=1S/C14H23N3O2S/c1-12(2)13-4-6-14(7-5-13)16-8-10-17(11-9-16)20(18,19)15-3/h4-7,12,15H,8-11H2,1-3H3. The highest BCUT2D eigenvalue weighted by atomic mass is 32.2. The third-order valence-electron chi connectivity index (χ3n) is 3.76. The SMILES string of the molecule is CNS(=O)(=O)N1CCN(c2ccc(C(C)C)cc2)CC1. The molecular weight excluding hydrogens is 274 g/mol. The highest BCUT2D eigenvalue weighted by Crippen LogP contribution is 2.21. The maximum absolute atomic E-state index is 11.7. The van der Waals surface area contributed by atoms with Crippen LogP contribution < -0.4 is 9.62 Å². The molecule has 20 heavy (non-hydrogen) atoms. The molecule has 0 aliphatic carbocycles. The summed E-state index contributed by atoms with van der Waals surface area (Å²) < 4.78 is 27.3. The lowest BCUT2D eigenvalue weighted by atomic mass is 10.0. The van der Waals surface area contributed by atoms with Gasteiger partial charge in [-0.05, 0) is 23.6 Å². The highest BCUT2D eigenvalue weighted by Gasteiger charge is 2.25. The Morgan fingerprint density at radius 1 is 1.05 bits per heavy atom. The summed E-state index contributed by atoms with van der Waals surface area (Å²) in [4.78, 5) is 2.23. The van der Waals surface area contributed by atoms with Gasteiger partial charge < -0.3 is 4.90 Å². The maximum Gasteiger partial charge on any atom is 0.279 e. The number of hydrogen-bond donors (Lipinski definition) is 1.